The number of nitrogens with zero attached hydrogens (tertiary/aromatic N) is 3. The van der Waals surface area contributed by atoms with Crippen molar-refractivity contribution in [3.63, 3.8) is 0 Å². The number of benzene rings is 6. The quantitative estimate of drug-likeness (QED) is 0.163. The molecule has 0 N–H and O–H groups in total. The summed E-state index contributed by atoms with van der Waals surface area (Å²) in [4.78, 5) is 9.97. The molecule has 2 atom stereocenters. The maximum absolute atomic E-state index is 2.91. The zero-order valence-electron chi connectivity index (χ0n) is 52.0. The van der Waals surface area contributed by atoms with Crippen LogP contribution < -0.4 is 25.6 Å². The zero-order chi connectivity index (χ0) is 56.6. The van der Waals surface area contributed by atoms with Crippen LogP contribution in [0.5, 0.6) is 0 Å². The minimum absolute atomic E-state index is 0.0302. The Morgan fingerprint density at radius 2 is 0.775 bits per heavy atom. The van der Waals surface area contributed by atoms with E-state index in [-0.39, 0.29) is 55.4 Å². The van der Waals surface area contributed by atoms with E-state index in [1.54, 1.807) is 16.1 Å². The molecule has 3 nitrogen and oxygen atoms in total. The van der Waals surface area contributed by atoms with Gasteiger partial charge in [0.25, 0.3) is 6.71 Å². The van der Waals surface area contributed by atoms with Gasteiger partial charge in [0, 0.05) is 50.7 Å². The summed E-state index contributed by atoms with van der Waals surface area (Å²) >= 11 is 2.29. The van der Waals surface area contributed by atoms with E-state index in [0.717, 1.165) is 0 Å². The molecule has 4 heterocycles. The van der Waals surface area contributed by atoms with Crippen molar-refractivity contribution in [3.8, 4) is 0 Å². The lowest BCUT2D eigenvalue weighted by atomic mass is 9.35. The standard InChI is InChI=1S/C75H90BN3S/c1-67(2)31-33-69(5,6)52-39-45(27-29-48(52)67)77-59-44-55-54(71(9,10)35-36-72(55,11)12)43-56(59)76-63-60(77)41-47(78-57-25-21-19-23-50(57)75(17,18)51-24-20-22-26-58(51)78)42-61(63)79(46-28-30-49-53(40-46)70(7,8)34-32-68(49,3)4)64-62-65(80-66(64)76)74(15,16)38-37-73(62,13)14/h19-30,39-44,62,65H,31-38H2,1-18H3. The second kappa shape index (κ2) is 16.6. The van der Waals surface area contributed by atoms with E-state index in [2.05, 4.69) is 260 Å². The van der Waals surface area contributed by atoms with Crippen LogP contribution in [0, 0.1) is 16.7 Å². The maximum Gasteiger partial charge on any atom is 0.259 e. The topological polar surface area (TPSA) is 9.72 Å². The number of para-hydroxylation sites is 2. The lowest BCUT2D eigenvalue weighted by molar-refractivity contribution is 0.0881. The predicted octanol–water partition coefficient (Wildman–Crippen LogP) is 19.7. The fourth-order valence-corrected chi connectivity index (χ4v) is 19.5. The Morgan fingerprint density at radius 3 is 1.29 bits per heavy atom. The Bertz CT molecular complexity index is 3640. The smallest absolute Gasteiger partial charge is 0.259 e. The second-order valence-electron chi connectivity index (χ2n) is 32.5. The number of thioether (sulfide) groups is 1. The number of fused-ring (bicyclic) bond motifs is 10. The number of hydrogen-bond acceptors (Lipinski definition) is 4. The molecule has 2 unspecified atom stereocenters. The van der Waals surface area contributed by atoms with Crippen molar-refractivity contribution in [2.24, 2.45) is 16.7 Å². The van der Waals surface area contributed by atoms with Gasteiger partial charge in [-0.15, -0.1) is 11.8 Å². The first-order valence-corrected chi connectivity index (χ1v) is 31.9. The highest BCUT2D eigenvalue weighted by atomic mass is 32.2. The van der Waals surface area contributed by atoms with Crippen molar-refractivity contribution in [2.75, 3.05) is 14.7 Å². The Balaban J connectivity index is 1.15. The SMILES string of the molecule is CC1(C)CCC(C)(C)c2cc(N3C4=C(SC5C4C(C)(C)CCC5(C)C)B4c5cc6c(cc5N(c5ccc7c(c5)C(C)(C)CCC7(C)C)c5cc(N7c8ccccc8C(C)(C)c8ccccc87)cc3c54)C(C)(C)CCC6(C)C)ccc21. The molecule has 0 amide bonds. The average molecular weight is 1080 g/mol. The number of hydrogen-bond donors (Lipinski definition) is 0. The molecule has 4 aliphatic heterocycles. The molecule has 4 aliphatic carbocycles. The second-order valence-corrected chi connectivity index (χ2v) is 33.6. The number of anilines is 8. The van der Waals surface area contributed by atoms with Gasteiger partial charge in [-0.2, -0.15) is 0 Å². The van der Waals surface area contributed by atoms with E-state index in [1.807, 2.05) is 0 Å². The molecule has 0 spiro atoms. The van der Waals surface area contributed by atoms with Gasteiger partial charge in [0.2, 0.25) is 0 Å². The van der Waals surface area contributed by atoms with E-state index in [9.17, 15) is 0 Å². The fourth-order valence-electron chi connectivity index (χ4n) is 17.4. The first kappa shape index (κ1) is 52.9. The zero-order valence-corrected chi connectivity index (χ0v) is 52.8. The van der Waals surface area contributed by atoms with Crippen LogP contribution in [0.1, 0.15) is 221 Å². The molecule has 1 saturated carbocycles. The molecule has 14 rings (SSSR count). The Hall–Kier alpha value is -5.13. The highest BCUT2D eigenvalue weighted by Gasteiger charge is 2.60. The van der Waals surface area contributed by atoms with E-state index < -0.39 is 0 Å². The van der Waals surface area contributed by atoms with Gasteiger partial charge in [-0.05, 0) is 210 Å². The summed E-state index contributed by atoms with van der Waals surface area (Å²) in [6.07, 6.45) is 9.56. The lowest BCUT2D eigenvalue weighted by Crippen LogP contribution is -2.56. The molecule has 0 radical (unpaired) electrons. The van der Waals surface area contributed by atoms with Gasteiger partial charge >= 0.3 is 0 Å². The van der Waals surface area contributed by atoms with Crippen LogP contribution in [0.3, 0.4) is 0 Å². The number of allylic oxidation sites excluding steroid dienone is 1. The van der Waals surface area contributed by atoms with Gasteiger partial charge in [0.05, 0.1) is 17.1 Å². The van der Waals surface area contributed by atoms with Gasteiger partial charge in [-0.1, -0.05) is 179 Å². The van der Waals surface area contributed by atoms with Gasteiger partial charge in [0.15, 0.2) is 0 Å². The molecule has 5 heteroatoms. The van der Waals surface area contributed by atoms with Gasteiger partial charge < -0.3 is 14.7 Å². The van der Waals surface area contributed by atoms with Crippen LogP contribution in [0.15, 0.2) is 120 Å². The summed E-state index contributed by atoms with van der Waals surface area (Å²) in [5.41, 5.74) is 27.2. The largest absolute Gasteiger partial charge is 0.314 e. The normalized spacial score (nSPS) is 25.4. The average Bonchev–Trinajstić information content (AvgIpc) is 1.67. The molecule has 1 fully saturated rings. The highest BCUT2D eigenvalue weighted by Crippen LogP contribution is 2.67. The van der Waals surface area contributed by atoms with Crippen molar-refractivity contribution in [1.82, 2.24) is 0 Å². The van der Waals surface area contributed by atoms with E-state index in [1.165, 1.54) is 147 Å². The maximum atomic E-state index is 2.91. The van der Waals surface area contributed by atoms with Crippen molar-refractivity contribution in [3.05, 3.63) is 164 Å². The first-order valence-electron chi connectivity index (χ1n) is 31.0. The molecule has 414 valence electrons. The summed E-state index contributed by atoms with van der Waals surface area (Å²) in [5, 5.41) is 0.438. The van der Waals surface area contributed by atoms with Crippen LogP contribution in [0.25, 0.3) is 0 Å². The molecule has 80 heavy (non-hydrogen) atoms. The minimum Gasteiger partial charge on any atom is -0.314 e. The summed E-state index contributed by atoms with van der Waals surface area (Å²) in [7, 11) is 0. The Morgan fingerprint density at radius 1 is 0.362 bits per heavy atom. The summed E-state index contributed by atoms with van der Waals surface area (Å²) < 4.78 is 0. The van der Waals surface area contributed by atoms with Crippen LogP contribution in [0.2, 0.25) is 0 Å². The van der Waals surface area contributed by atoms with Crippen LogP contribution in [-0.2, 0) is 37.9 Å². The molecule has 0 aromatic heterocycles. The first-order chi connectivity index (χ1) is 37.4. The third-order valence-electron chi connectivity index (χ3n) is 23.2. The van der Waals surface area contributed by atoms with Crippen molar-refractivity contribution < 1.29 is 0 Å². The van der Waals surface area contributed by atoms with Gasteiger partial charge in [-0.3, -0.25) is 0 Å². The van der Waals surface area contributed by atoms with Crippen molar-refractivity contribution >= 4 is 74.9 Å². The molecule has 6 aromatic carbocycles. The predicted molar refractivity (Wildman–Crippen MR) is 346 cm³/mol. The summed E-state index contributed by atoms with van der Waals surface area (Å²) in [5.74, 6) is 0.352. The molecule has 8 aliphatic rings. The molecular formula is C75H90BN3S. The molecule has 6 aromatic rings. The van der Waals surface area contributed by atoms with Crippen LogP contribution in [0.4, 0.5) is 45.5 Å². The highest BCUT2D eigenvalue weighted by molar-refractivity contribution is 8.06. The van der Waals surface area contributed by atoms with Gasteiger partial charge in [0.1, 0.15) is 0 Å². The minimum atomic E-state index is -0.184. The molecule has 0 bridgehead atoms. The third-order valence-corrected chi connectivity index (χ3v) is 25.0. The summed E-state index contributed by atoms with van der Waals surface area (Å²) in [6, 6.07) is 45.0. The third kappa shape index (κ3) is 7.31. The number of rotatable bonds is 3. The van der Waals surface area contributed by atoms with Crippen LogP contribution >= 0.6 is 11.8 Å². The fraction of sp³-hybridized carbons (Fsp3) is 0.493. The van der Waals surface area contributed by atoms with Crippen molar-refractivity contribution in [1.29, 1.82) is 0 Å². The summed E-state index contributed by atoms with van der Waals surface area (Å²) in [6.45, 7) is 45.5. The Kier molecular flexibility index (Phi) is 11.0. The van der Waals surface area contributed by atoms with E-state index in [0.29, 0.717) is 11.2 Å². The lowest BCUT2D eigenvalue weighted by Gasteiger charge is -2.52. The van der Waals surface area contributed by atoms with E-state index in [4.69, 9.17) is 0 Å². The Labute approximate surface area is 486 Å². The van der Waals surface area contributed by atoms with Crippen LogP contribution in [-0.4, -0.2) is 12.0 Å². The van der Waals surface area contributed by atoms with E-state index >= 15 is 0 Å². The molecule has 0 saturated heterocycles. The van der Waals surface area contributed by atoms with Crippen molar-refractivity contribution in [2.45, 2.75) is 219 Å². The monoisotopic (exact) mass is 1080 g/mol. The van der Waals surface area contributed by atoms with Gasteiger partial charge in [-0.25, -0.2) is 0 Å². The molecular weight excluding hydrogens is 986 g/mol.